The molecule has 0 spiro atoms. The SMILES string of the molecule is Cc1cc([C@H]2[C@H](c3ccccn3)NC(=S)N2Cc2ccccc2)c(C)n1-c1cccc2ccccc12. The van der Waals surface area contributed by atoms with Crippen LogP contribution in [0.25, 0.3) is 16.5 Å². The summed E-state index contributed by atoms with van der Waals surface area (Å²) in [5, 5.41) is 6.85. The zero-order valence-corrected chi connectivity index (χ0v) is 21.2. The van der Waals surface area contributed by atoms with E-state index in [-0.39, 0.29) is 12.1 Å². The normalized spacial score (nSPS) is 17.5. The number of hydrogen-bond donors (Lipinski definition) is 1. The molecule has 36 heavy (non-hydrogen) atoms. The molecule has 6 rings (SSSR count). The molecule has 3 aromatic carbocycles. The molecule has 178 valence electrons. The van der Waals surface area contributed by atoms with Crippen molar-refractivity contribution >= 4 is 28.1 Å². The van der Waals surface area contributed by atoms with Crippen LogP contribution in [0.3, 0.4) is 0 Å². The minimum atomic E-state index is -0.0381. The van der Waals surface area contributed by atoms with Crippen molar-refractivity contribution in [3.63, 3.8) is 0 Å². The van der Waals surface area contributed by atoms with E-state index in [2.05, 4.69) is 114 Å². The molecule has 5 aromatic rings. The van der Waals surface area contributed by atoms with E-state index in [0.29, 0.717) is 0 Å². The summed E-state index contributed by atoms with van der Waals surface area (Å²) in [5.41, 5.74) is 7.12. The summed E-state index contributed by atoms with van der Waals surface area (Å²) in [4.78, 5) is 7.03. The summed E-state index contributed by atoms with van der Waals surface area (Å²) >= 11 is 5.91. The number of rotatable bonds is 5. The van der Waals surface area contributed by atoms with Crippen molar-refractivity contribution in [3.05, 3.63) is 131 Å². The van der Waals surface area contributed by atoms with E-state index < -0.39 is 0 Å². The van der Waals surface area contributed by atoms with Gasteiger partial charge in [0.2, 0.25) is 0 Å². The van der Waals surface area contributed by atoms with Crippen LogP contribution in [0.2, 0.25) is 0 Å². The summed E-state index contributed by atoms with van der Waals surface area (Å²) in [5.74, 6) is 0. The minimum absolute atomic E-state index is 0.0162. The predicted molar refractivity (Wildman–Crippen MR) is 150 cm³/mol. The highest BCUT2D eigenvalue weighted by Gasteiger charge is 2.41. The largest absolute Gasteiger partial charge is 0.352 e. The van der Waals surface area contributed by atoms with Gasteiger partial charge in [-0.25, -0.2) is 0 Å². The fourth-order valence-corrected chi connectivity index (χ4v) is 5.86. The molecule has 1 saturated heterocycles. The monoisotopic (exact) mass is 488 g/mol. The highest BCUT2D eigenvalue weighted by atomic mass is 32.1. The summed E-state index contributed by atoms with van der Waals surface area (Å²) < 4.78 is 2.38. The lowest BCUT2D eigenvalue weighted by atomic mass is 9.96. The van der Waals surface area contributed by atoms with E-state index in [1.807, 2.05) is 18.3 Å². The van der Waals surface area contributed by atoms with E-state index in [4.69, 9.17) is 17.2 Å². The van der Waals surface area contributed by atoms with Gasteiger partial charge < -0.3 is 14.8 Å². The van der Waals surface area contributed by atoms with E-state index in [1.54, 1.807) is 0 Å². The first-order valence-electron chi connectivity index (χ1n) is 12.3. The van der Waals surface area contributed by atoms with E-state index in [1.165, 1.54) is 39.0 Å². The summed E-state index contributed by atoms with van der Waals surface area (Å²) in [7, 11) is 0. The van der Waals surface area contributed by atoms with Crippen molar-refractivity contribution < 1.29 is 0 Å². The number of pyridine rings is 1. The molecule has 2 aromatic heterocycles. The van der Waals surface area contributed by atoms with Crippen LogP contribution in [0.4, 0.5) is 0 Å². The number of aromatic nitrogens is 2. The molecule has 3 heterocycles. The number of aryl methyl sites for hydroxylation is 1. The van der Waals surface area contributed by atoms with Gasteiger partial charge in [-0.3, -0.25) is 4.98 Å². The number of fused-ring (bicyclic) bond motifs is 1. The zero-order chi connectivity index (χ0) is 24.6. The molecule has 0 unspecified atom stereocenters. The van der Waals surface area contributed by atoms with Crippen LogP contribution >= 0.6 is 12.2 Å². The molecular formula is C31H28N4S. The van der Waals surface area contributed by atoms with Crippen molar-refractivity contribution in [2.24, 2.45) is 0 Å². The average molecular weight is 489 g/mol. The van der Waals surface area contributed by atoms with Crippen molar-refractivity contribution in [1.82, 2.24) is 19.8 Å². The van der Waals surface area contributed by atoms with Crippen LogP contribution < -0.4 is 5.32 Å². The molecule has 1 fully saturated rings. The van der Waals surface area contributed by atoms with Crippen molar-refractivity contribution in [2.75, 3.05) is 0 Å². The van der Waals surface area contributed by atoms with Crippen LogP contribution in [-0.4, -0.2) is 19.6 Å². The van der Waals surface area contributed by atoms with Gasteiger partial charge in [-0.05, 0) is 66.8 Å². The van der Waals surface area contributed by atoms with Gasteiger partial charge in [0.1, 0.15) is 0 Å². The molecule has 0 saturated carbocycles. The topological polar surface area (TPSA) is 33.1 Å². The van der Waals surface area contributed by atoms with Crippen molar-refractivity contribution in [1.29, 1.82) is 0 Å². The number of thiocarbonyl (C=S) groups is 1. The van der Waals surface area contributed by atoms with Gasteiger partial charge in [0.15, 0.2) is 5.11 Å². The fraction of sp³-hybridized carbons (Fsp3) is 0.161. The number of nitrogens with one attached hydrogen (secondary N) is 1. The molecule has 0 radical (unpaired) electrons. The first-order valence-corrected chi connectivity index (χ1v) is 12.7. The zero-order valence-electron chi connectivity index (χ0n) is 20.4. The van der Waals surface area contributed by atoms with E-state index in [9.17, 15) is 0 Å². The molecule has 1 aliphatic heterocycles. The maximum Gasteiger partial charge on any atom is 0.170 e. The third-order valence-corrected chi connectivity index (χ3v) is 7.54. The maximum atomic E-state index is 5.91. The van der Waals surface area contributed by atoms with E-state index >= 15 is 0 Å². The lowest BCUT2D eigenvalue weighted by Gasteiger charge is -2.28. The summed E-state index contributed by atoms with van der Waals surface area (Å²) in [6, 6.07) is 34.0. The molecule has 2 atom stereocenters. The van der Waals surface area contributed by atoms with Gasteiger partial charge in [-0.15, -0.1) is 0 Å². The molecule has 0 amide bonds. The Morgan fingerprint density at radius 3 is 2.42 bits per heavy atom. The van der Waals surface area contributed by atoms with Gasteiger partial charge in [-0.2, -0.15) is 0 Å². The molecule has 0 bridgehead atoms. The van der Waals surface area contributed by atoms with Crippen LogP contribution in [0.15, 0.2) is 103 Å². The van der Waals surface area contributed by atoms with Gasteiger partial charge in [0, 0.05) is 29.5 Å². The Bertz CT molecular complexity index is 1540. The third-order valence-electron chi connectivity index (χ3n) is 7.19. The molecular weight excluding hydrogens is 460 g/mol. The van der Waals surface area contributed by atoms with Crippen LogP contribution in [0, 0.1) is 13.8 Å². The van der Waals surface area contributed by atoms with Crippen LogP contribution in [0.1, 0.15) is 40.3 Å². The number of nitrogens with zero attached hydrogens (tertiary/aromatic N) is 3. The molecule has 0 aliphatic carbocycles. The fourth-order valence-electron chi connectivity index (χ4n) is 5.56. The van der Waals surface area contributed by atoms with Gasteiger partial charge in [0.25, 0.3) is 0 Å². The third kappa shape index (κ3) is 3.86. The Morgan fingerprint density at radius 1 is 0.861 bits per heavy atom. The lowest BCUT2D eigenvalue weighted by Crippen LogP contribution is -2.29. The Kier molecular flexibility index (Phi) is 5.78. The molecule has 5 heteroatoms. The maximum absolute atomic E-state index is 5.91. The first kappa shape index (κ1) is 22.5. The standard InChI is InChI=1S/C31H28N4S/c1-21-19-26(22(2)35(21)28-17-10-14-24-13-6-7-15-25(24)28)30-29(27-16-8-9-18-32-27)33-31(36)34(30)20-23-11-4-3-5-12-23/h3-19,29-30H,20H2,1-2H3,(H,33,36)/t29-,30-/m0/s1. The Balaban J connectivity index is 1.50. The average Bonchev–Trinajstić information content (AvgIpc) is 3.39. The summed E-state index contributed by atoms with van der Waals surface area (Å²) in [6.45, 7) is 5.15. The van der Waals surface area contributed by atoms with Gasteiger partial charge in [0.05, 0.1) is 23.5 Å². The number of hydrogen-bond acceptors (Lipinski definition) is 2. The second kappa shape index (κ2) is 9.25. The lowest BCUT2D eigenvalue weighted by molar-refractivity contribution is 0.310. The Morgan fingerprint density at radius 2 is 1.61 bits per heavy atom. The van der Waals surface area contributed by atoms with Gasteiger partial charge in [-0.1, -0.05) is 72.8 Å². The number of benzene rings is 3. The quantitative estimate of drug-likeness (QED) is 0.275. The molecule has 4 nitrogen and oxygen atoms in total. The van der Waals surface area contributed by atoms with E-state index in [0.717, 1.165) is 17.4 Å². The van der Waals surface area contributed by atoms with Crippen LogP contribution in [-0.2, 0) is 6.54 Å². The Hall–Kier alpha value is -3.96. The van der Waals surface area contributed by atoms with Gasteiger partial charge >= 0.3 is 0 Å². The highest BCUT2D eigenvalue weighted by molar-refractivity contribution is 7.80. The molecule has 1 N–H and O–H groups in total. The van der Waals surface area contributed by atoms with Crippen molar-refractivity contribution in [3.8, 4) is 5.69 Å². The summed E-state index contributed by atoms with van der Waals surface area (Å²) in [6.07, 6.45) is 1.86. The predicted octanol–water partition coefficient (Wildman–Crippen LogP) is 6.82. The first-order chi connectivity index (χ1) is 17.6. The smallest absolute Gasteiger partial charge is 0.170 e. The van der Waals surface area contributed by atoms with Crippen molar-refractivity contribution in [2.45, 2.75) is 32.5 Å². The second-order valence-corrected chi connectivity index (χ2v) is 9.79. The Labute approximate surface area is 217 Å². The van der Waals surface area contributed by atoms with Crippen LogP contribution in [0.5, 0.6) is 0 Å². The molecule has 1 aliphatic rings. The highest BCUT2D eigenvalue weighted by Crippen LogP contribution is 2.42. The second-order valence-electron chi connectivity index (χ2n) is 9.40. The minimum Gasteiger partial charge on any atom is -0.352 e.